The van der Waals surface area contributed by atoms with Crippen LogP contribution in [0.2, 0.25) is 0 Å². The molecular formula is C47H39N6OPt-3. The summed E-state index contributed by atoms with van der Waals surface area (Å²) in [5.41, 5.74) is 12.0. The Morgan fingerprint density at radius 3 is 2.25 bits per heavy atom. The Labute approximate surface area is 336 Å². The summed E-state index contributed by atoms with van der Waals surface area (Å²) in [5, 5.41) is 2.22. The maximum atomic E-state index is 6.51. The molecule has 9 rings (SSSR count). The Hall–Kier alpha value is -5.78. The number of para-hydroxylation sites is 1. The van der Waals surface area contributed by atoms with E-state index >= 15 is 0 Å². The molecule has 4 aromatic heterocycles. The predicted molar refractivity (Wildman–Crippen MR) is 218 cm³/mol. The van der Waals surface area contributed by atoms with Crippen molar-refractivity contribution in [1.29, 1.82) is 0 Å². The Morgan fingerprint density at radius 2 is 1.47 bits per heavy atom. The Kier molecular flexibility index (Phi) is 9.30. The van der Waals surface area contributed by atoms with Gasteiger partial charge in [0.15, 0.2) is 0 Å². The molecule has 8 heteroatoms. The molecule has 8 aromatic rings. The van der Waals surface area contributed by atoms with Crippen LogP contribution in [-0.4, -0.2) is 19.5 Å². The van der Waals surface area contributed by atoms with Crippen LogP contribution in [0.5, 0.6) is 11.5 Å². The van der Waals surface area contributed by atoms with Crippen molar-refractivity contribution >= 4 is 44.7 Å². The standard InChI is InChI=1S/C47H39N6O.Pt/c1-30-22-31(2)46(32(3)23-30)33-14-17-44(50-27-33)52-29-51(43-28-48-20-19-41(43)52)35-10-9-11-36(25-35)54-37-15-16-39-38-12-7-8-13-40(38)53(42(39)26-37)45-24-34(18-21-49-45)47(4,5)6;/h7-24,27-29H,1-6H3;/q-3;. The van der Waals surface area contributed by atoms with E-state index < -0.39 is 0 Å². The van der Waals surface area contributed by atoms with Crippen molar-refractivity contribution in [2.45, 2.75) is 47.0 Å². The van der Waals surface area contributed by atoms with Crippen molar-refractivity contribution in [2.24, 2.45) is 0 Å². The summed E-state index contributed by atoms with van der Waals surface area (Å²) in [5.74, 6) is 2.82. The van der Waals surface area contributed by atoms with Crippen LogP contribution in [0.25, 0.3) is 38.8 Å². The summed E-state index contributed by atoms with van der Waals surface area (Å²) in [6.07, 6.45) is 7.52. The molecule has 0 unspecified atom stereocenters. The SMILES string of the molecule is Cc1cc(C)c(-c2ccc(N3[CH-]N(c4[c-]c(Oc5[c-]c6c(cc5)c5ccccc5n6-c5cc(C(C)(C)C)ccn5)ccc4)c4cnccc43)nc2)c(C)c1.[Pt]. The van der Waals surface area contributed by atoms with Crippen molar-refractivity contribution in [2.75, 3.05) is 9.80 Å². The van der Waals surface area contributed by atoms with Gasteiger partial charge in [-0.05, 0) is 90.2 Å². The number of ether oxygens (including phenoxy) is 1. The van der Waals surface area contributed by atoms with Gasteiger partial charge < -0.3 is 19.1 Å². The Bertz CT molecular complexity index is 2690. The van der Waals surface area contributed by atoms with Crippen LogP contribution in [0.1, 0.15) is 43.0 Å². The summed E-state index contributed by atoms with van der Waals surface area (Å²) in [4.78, 5) is 18.4. The maximum Gasteiger partial charge on any atom is 0.135 e. The van der Waals surface area contributed by atoms with Crippen LogP contribution in [0.4, 0.5) is 22.9 Å². The van der Waals surface area contributed by atoms with E-state index in [-0.39, 0.29) is 26.5 Å². The second-order valence-electron chi connectivity index (χ2n) is 15.0. The van der Waals surface area contributed by atoms with E-state index in [2.05, 4.69) is 140 Å². The molecule has 0 spiro atoms. The number of aromatic nitrogens is 4. The monoisotopic (exact) mass is 898 g/mol. The van der Waals surface area contributed by atoms with Crippen LogP contribution >= 0.6 is 0 Å². The number of fused-ring (bicyclic) bond motifs is 4. The number of hydrogen-bond donors (Lipinski definition) is 0. The largest absolute Gasteiger partial charge is 0.509 e. The first-order valence-corrected chi connectivity index (χ1v) is 18.2. The van der Waals surface area contributed by atoms with E-state index in [4.69, 9.17) is 14.7 Å². The molecule has 0 fully saturated rings. The van der Waals surface area contributed by atoms with Crippen molar-refractivity contribution in [3.05, 3.63) is 163 Å². The fraction of sp³-hybridized carbons (Fsp3) is 0.149. The minimum Gasteiger partial charge on any atom is -0.509 e. The summed E-state index contributed by atoms with van der Waals surface area (Å²) in [6.45, 7) is 15.1. The van der Waals surface area contributed by atoms with Gasteiger partial charge in [0, 0.05) is 74.1 Å². The number of rotatable bonds is 6. The van der Waals surface area contributed by atoms with Crippen LogP contribution in [-0.2, 0) is 26.5 Å². The molecule has 276 valence electrons. The third-order valence-electron chi connectivity index (χ3n) is 10.1. The van der Waals surface area contributed by atoms with E-state index in [0.717, 1.165) is 56.1 Å². The van der Waals surface area contributed by atoms with Gasteiger partial charge >= 0.3 is 0 Å². The predicted octanol–water partition coefficient (Wildman–Crippen LogP) is 11.7. The van der Waals surface area contributed by atoms with Crippen LogP contribution in [0.15, 0.2) is 122 Å². The number of pyridine rings is 3. The quantitative estimate of drug-likeness (QED) is 0.155. The molecule has 0 amide bonds. The maximum absolute atomic E-state index is 6.51. The fourth-order valence-corrected chi connectivity index (χ4v) is 7.63. The number of benzene rings is 4. The zero-order valence-electron chi connectivity index (χ0n) is 31.5. The van der Waals surface area contributed by atoms with Crippen molar-refractivity contribution < 1.29 is 25.8 Å². The van der Waals surface area contributed by atoms with E-state index in [9.17, 15) is 0 Å². The van der Waals surface area contributed by atoms with Gasteiger partial charge in [-0.15, -0.1) is 48.1 Å². The van der Waals surface area contributed by atoms with Gasteiger partial charge in [-0.3, -0.25) is 4.98 Å². The Morgan fingerprint density at radius 1 is 0.673 bits per heavy atom. The number of anilines is 4. The molecule has 4 aromatic carbocycles. The Balaban J connectivity index is 0.00000427. The van der Waals surface area contributed by atoms with Crippen molar-refractivity contribution in [3.8, 4) is 28.4 Å². The molecule has 1 aliphatic rings. The van der Waals surface area contributed by atoms with Gasteiger partial charge in [-0.25, -0.2) is 9.97 Å². The molecule has 0 atom stereocenters. The number of nitrogens with zero attached hydrogens (tertiary/aromatic N) is 6. The number of aryl methyl sites for hydroxylation is 3. The second kappa shape index (κ2) is 14.1. The topological polar surface area (TPSA) is 59.3 Å². The smallest absolute Gasteiger partial charge is 0.135 e. The molecule has 1 aliphatic heterocycles. The number of hydrogen-bond acceptors (Lipinski definition) is 6. The van der Waals surface area contributed by atoms with E-state index in [0.29, 0.717) is 11.5 Å². The third kappa shape index (κ3) is 6.57. The van der Waals surface area contributed by atoms with Gasteiger partial charge in [0.2, 0.25) is 0 Å². The molecule has 5 heterocycles. The van der Waals surface area contributed by atoms with Gasteiger partial charge in [0.25, 0.3) is 0 Å². The molecular weight excluding hydrogens is 860 g/mol. The van der Waals surface area contributed by atoms with Crippen molar-refractivity contribution in [3.63, 3.8) is 0 Å². The van der Waals surface area contributed by atoms with Crippen LogP contribution in [0, 0.1) is 39.6 Å². The first-order chi connectivity index (χ1) is 26.1. The summed E-state index contributed by atoms with van der Waals surface area (Å²) in [6, 6.07) is 40.4. The zero-order valence-corrected chi connectivity index (χ0v) is 33.8. The summed E-state index contributed by atoms with van der Waals surface area (Å²) < 4.78 is 8.68. The van der Waals surface area contributed by atoms with Gasteiger partial charge in [-0.2, -0.15) is 12.1 Å². The average molecular weight is 899 g/mol. The molecule has 55 heavy (non-hydrogen) atoms. The average Bonchev–Trinajstić information content (AvgIpc) is 3.71. The molecule has 0 aliphatic carbocycles. The normalized spacial score (nSPS) is 12.6. The van der Waals surface area contributed by atoms with Gasteiger partial charge in [-0.1, -0.05) is 62.2 Å². The summed E-state index contributed by atoms with van der Waals surface area (Å²) >= 11 is 0. The van der Waals surface area contributed by atoms with Crippen molar-refractivity contribution in [1.82, 2.24) is 19.5 Å². The molecule has 0 N–H and O–H groups in total. The molecule has 7 nitrogen and oxygen atoms in total. The molecule has 0 saturated heterocycles. The van der Waals surface area contributed by atoms with Crippen LogP contribution < -0.4 is 14.5 Å². The van der Waals surface area contributed by atoms with E-state index in [1.807, 2.05) is 55.6 Å². The van der Waals surface area contributed by atoms with E-state index in [1.165, 1.54) is 27.8 Å². The van der Waals surface area contributed by atoms with Crippen LogP contribution in [0.3, 0.4) is 0 Å². The zero-order chi connectivity index (χ0) is 37.1. The molecule has 0 saturated carbocycles. The first-order valence-electron chi connectivity index (χ1n) is 18.2. The summed E-state index contributed by atoms with van der Waals surface area (Å²) in [7, 11) is 0. The minimum atomic E-state index is -0.0170. The minimum absolute atomic E-state index is 0. The van der Waals surface area contributed by atoms with Gasteiger partial charge in [0.05, 0.1) is 5.69 Å². The third-order valence-corrected chi connectivity index (χ3v) is 10.1. The molecule has 0 bridgehead atoms. The first kappa shape index (κ1) is 36.2. The van der Waals surface area contributed by atoms with E-state index in [1.54, 1.807) is 6.20 Å². The second-order valence-corrected chi connectivity index (χ2v) is 15.0. The molecule has 0 radical (unpaired) electrons. The van der Waals surface area contributed by atoms with Gasteiger partial charge in [0.1, 0.15) is 11.6 Å². The fourth-order valence-electron chi connectivity index (χ4n) is 7.63.